The summed E-state index contributed by atoms with van der Waals surface area (Å²) in [7, 11) is -3.74. The second-order valence-corrected chi connectivity index (χ2v) is 4.10. The third-order valence-electron chi connectivity index (χ3n) is 1.52. The topological polar surface area (TPSA) is 122 Å². The Hall–Kier alpha value is -1.51. The van der Waals surface area contributed by atoms with Gasteiger partial charge in [-0.25, -0.2) is 14.9 Å². The van der Waals surface area contributed by atoms with E-state index in [0.29, 0.717) is 5.56 Å². The highest BCUT2D eigenvalue weighted by Gasteiger charge is 2.05. The summed E-state index contributed by atoms with van der Waals surface area (Å²) >= 11 is 0. The molecule has 0 aliphatic heterocycles. The van der Waals surface area contributed by atoms with Crippen molar-refractivity contribution in [1.29, 1.82) is 0 Å². The number of nitrogens with zero attached hydrogens (tertiary/aromatic N) is 1. The Bertz CT molecular complexity index is 454. The SMILES string of the molecule is NS(=O)(=O)NCc1ccc(C(=O)O)nc1. The second-order valence-electron chi connectivity index (χ2n) is 2.72. The smallest absolute Gasteiger partial charge is 0.354 e. The van der Waals surface area contributed by atoms with Gasteiger partial charge in [-0.15, -0.1) is 0 Å². The maximum Gasteiger partial charge on any atom is 0.354 e. The number of aromatic nitrogens is 1. The molecule has 15 heavy (non-hydrogen) atoms. The average Bonchev–Trinajstić information content (AvgIpc) is 2.14. The number of carboxylic acid groups (broad SMARTS) is 1. The number of pyridine rings is 1. The van der Waals surface area contributed by atoms with E-state index in [2.05, 4.69) is 4.98 Å². The van der Waals surface area contributed by atoms with Crippen LogP contribution < -0.4 is 9.86 Å². The molecule has 1 heterocycles. The second kappa shape index (κ2) is 4.34. The van der Waals surface area contributed by atoms with E-state index in [1.165, 1.54) is 18.3 Å². The summed E-state index contributed by atoms with van der Waals surface area (Å²) in [5.74, 6) is -1.14. The Morgan fingerprint density at radius 3 is 2.60 bits per heavy atom. The summed E-state index contributed by atoms with van der Waals surface area (Å²) in [5, 5.41) is 13.2. The van der Waals surface area contributed by atoms with Crippen LogP contribution in [-0.2, 0) is 16.8 Å². The van der Waals surface area contributed by atoms with Crippen LogP contribution in [0, 0.1) is 0 Å². The Labute approximate surface area is 86.1 Å². The third kappa shape index (κ3) is 4.02. The fourth-order valence-electron chi connectivity index (χ4n) is 0.839. The standard InChI is InChI=1S/C7H9N3O4S/c8-15(13,14)10-4-5-1-2-6(7(11)12)9-3-5/h1-3,10H,4H2,(H,11,12)(H2,8,13,14). The Morgan fingerprint density at radius 1 is 1.53 bits per heavy atom. The molecule has 0 aliphatic rings. The number of hydrogen-bond donors (Lipinski definition) is 3. The summed E-state index contributed by atoms with van der Waals surface area (Å²) < 4.78 is 23.1. The van der Waals surface area contributed by atoms with Gasteiger partial charge in [0.05, 0.1) is 0 Å². The number of nitrogens with one attached hydrogen (secondary N) is 1. The van der Waals surface area contributed by atoms with Crippen LogP contribution in [0.3, 0.4) is 0 Å². The molecule has 0 fully saturated rings. The summed E-state index contributed by atoms with van der Waals surface area (Å²) in [6.07, 6.45) is 1.27. The molecule has 0 atom stereocenters. The number of carboxylic acids is 1. The zero-order chi connectivity index (χ0) is 11.5. The lowest BCUT2D eigenvalue weighted by atomic mass is 10.2. The average molecular weight is 231 g/mol. The Kier molecular flexibility index (Phi) is 3.35. The van der Waals surface area contributed by atoms with Crippen molar-refractivity contribution in [2.24, 2.45) is 5.14 Å². The van der Waals surface area contributed by atoms with E-state index in [4.69, 9.17) is 10.2 Å². The molecule has 82 valence electrons. The first-order valence-corrected chi connectivity index (χ1v) is 5.39. The normalized spacial score (nSPS) is 11.3. The summed E-state index contributed by atoms with van der Waals surface area (Å²) in [5.41, 5.74) is 0.420. The molecule has 0 aromatic carbocycles. The molecule has 1 aromatic heterocycles. The minimum atomic E-state index is -3.74. The molecular formula is C7H9N3O4S. The van der Waals surface area contributed by atoms with Gasteiger partial charge in [-0.3, -0.25) is 0 Å². The van der Waals surface area contributed by atoms with Crippen LogP contribution in [0.4, 0.5) is 0 Å². The Morgan fingerprint density at radius 2 is 2.20 bits per heavy atom. The van der Waals surface area contributed by atoms with E-state index < -0.39 is 16.2 Å². The molecule has 0 radical (unpaired) electrons. The van der Waals surface area contributed by atoms with Crippen molar-refractivity contribution in [2.75, 3.05) is 0 Å². The molecule has 7 nitrogen and oxygen atoms in total. The van der Waals surface area contributed by atoms with E-state index in [0.717, 1.165) is 0 Å². The molecule has 4 N–H and O–H groups in total. The zero-order valence-electron chi connectivity index (χ0n) is 7.54. The van der Waals surface area contributed by atoms with Gasteiger partial charge in [0.1, 0.15) is 5.69 Å². The molecule has 1 rings (SSSR count). The highest BCUT2D eigenvalue weighted by molar-refractivity contribution is 7.87. The van der Waals surface area contributed by atoms with Crippen molar-refractivity contribution in [1.82, 2.24) is 9.71 Å². The predicted molar refractivity (Wildman–Crippen MR) is 51.1 cm³/mol. The number of rotatable bonds is 4. The fraction of sp³-hybridized carbons (Fsp3) is 0.143. The molecule has 0 aliphatic carbocycles. The predicted octanol–water partition coefficient (Wildman–Crippen LogP) is -0.927. The van der Waals surface area contributed by atoms with Crippen LogP contribution in [0.5, 0.6) is 0 Å². The maximum absolute atomic E-state index is 10.5. The van der Waals surface area contributed by atoms with Crippen LogP contribution in [0.15, 0.2) is 18.3 Å². The molecular weight excluding hydrogens is 222 g/mol. The van der Waals surface area contributed by atoms with Gasteiger partial charge in [-0.1, -0.05) is 6.07 Å². The van der Waals surface area contributed by atoms with Crippen molar-refractivity contribution in [2.45, 2.75) is 6.54 Å². The van der Waals surface area contributed by atoms with E-state index in [9.17, 15) is 13.2 Å². The van der Waals surface area contributed by atoms with Gasteiger partial charge in [0.15, 0.2) is 0 Å². The number of nitrogens with two attached hydrogens (primary N) is 1. The maximum atomic E-state index is 10.5. The monoisotopic (exact) mass is 231 g/mol. The van der Waals surface area contributed by atoms with E-state index >= 15 is 0 Å². The van der Waals surface area contributed by atoms with Crippen molar-refractivity contribution in [3.63, 3.8) is 0 Å². The van der Waals surface area contributed by atoms with E-state index in [1.807, 2.05) is 4.72 Å². The lowest BCUT2D eigenvalue weighted by Crippen LogP contribution is -2.30. The molecule has 0 saturated carbocycles. The number of carbonyl (C=O) groups is 1. The summed E-state index contributed by atoms with van der Waals surface area (Å²) in [6, 6.07) is 2.73. The van der Waals surface area contributed by atoms with Crippen LogP contribution in [0.25, 0.3) is 0 Å². The van der Waals surface area contributed by atoms with Gasteiger partial charge in [0, 0.05) is 12.7 Å². The minimum absolute atomic E-state index is 0.0221. The van der Waals surface area contributed by atoms with Crippen LogP contribution >= 0.6 is 0 Å². The van der Waals surface area contributed by atoms with Crippen LogP contribution in [0.2, 0.25) is 0 Å². The van der Waals surface area contributed by atoms with Crippen molar-refractivity contribution >= 4 is 16.2 Å². The first-order valence-electron chi connectivity index (χ1n) is 3.84. The van der Waals surface area contributed by atoms with Gasteiger partial charge in [-0.05, 0) is 11.6 Å². The molecule has 0 saturated heterocycles. The van der Waals surface area contributed by atoms with Crippen LogP contribution in [0.1, 0.15) is 16.1 Å². The lowest BCUT2D eigenvalue weighted by molar-refractivity contribution is 0.0690. The summed E-state index contributed by atoms with van der Waals surface area (Å²) in [6.45, 7) is -0.0221. The number of hydrogen-bond acceptors (Lipinski definition) is 4. The molecule has 0 unspecified atom stereocenters. The van der Waals surface area contributed by atoms with Crippen molar-refractivity contribution < 1.29 is 18.3 Å². The highest BCUT2D eigenvalue weighted by Crippen LogP contribution is 2.00. The largest absolute Gasteiger partial charge is 0.477 e. The summed E-state index contributed by atoms with van der Waals surface area (Å²) in [4.78, 5) is 14.0. The highest BCUT2D eigenvalue weighted by atomic mass is 32.2. The number of aromatic carboxylic acids is 1. The van der Waals surface area contributed by atoms with Gasteiger partial charge >= 0.3 is 5.97 Å². The van der Waals surface area contributed by atoms with Crippen molar-refractivity contribution in [3.05, 3.63) is 29.6 Å². The van der Waals surface area contributed by atoms with E-state index in [1.54, 1.807) is 0 Å². The zero-order valence-corrected chi connectivity index (χ0v) is 8.36. The van der Waals surface area contributed by atoms with Crippen LogP contribution in [-0.4, -0.2) is 24.5 Å². The molecule has 0 spiro atoms. The third-order valence-corrected chi connectivity index (χ3v) is 2.07. The quantitative estimate of drug-likeness (QED) is 0.618. The van der Waals surface area contributed by atoms with Gasteiger partial charge in [0.2, 0.25) is 0 Å². The molecule has 8 heteroatoms. The minimum Gasteiger partial charge on any atom is -0.477 e. The first-order chi connectivity index (χ1) is 6.88. The van der Waals surface area contributed by atoms with Gasteiger partial charge in [-0.2, -0.15) is 13.1 Å². The Balaban J connectivity index is 2.69. The lowest BCUT2D eigenvalue weighted by Gasteiger charge is -2.01. The molecule has 0 amide bonds. The first kappa shape index (κ1) is 11.6. The fourth-order valence-corrected chi connectivity index (χ4v) is 1.21. The van der Waals surface area contributed by atoms with E-state index in [-0.39, 0.29) is 12.2 Å². The van der Waals surface area contributed by atoms with Crippen molar-refractivity contribution in [3.8, 4) is 0 Å². The molecule has 0 bridgehead atoms. The van der Waals surface area contributed by atoms with Gasteiger partial charge < -0.3 is 5.11 Å². The van der Waals surface area contributed by atoms with Gasteiger partial charge in [0.25, 0.3) is 10.2 Å². The molecule has 1 aromatic rings.